The number of hydrogen-bond acceptors (Lipinski definition) is 1. The fourth-order valence-corrected chi connectivity index (χ4v) is 10.5. The van der Waals surface area contributed by atoms with Gasteiger partial charge in [-0.3, -0.25) is 0 Å². The molecule has 2 atom stereocenters. The van der Waals surface area contributed by atoms with Crippen LogP contribution in [0.2, 0.25) is 26.2 Å². The van der Waals surface area contributed by atoms with Gasteiger partial charge in [0.25, 0.3) is 0 Å². The molecule has 0 fully saturated rings. The van der Waals surface area contributed by atoms with E-state index in [1.807, 2.05) is 11.8 Å². The minimum atomic E-state index is -0.921. The summed E-state index contributed by atoms with van der Waals surface area (Å²) in [5.74, 6) is 2.31. The van der Waals surface area contributed by atoms with Crippen molar-refractivity contribution in [3.05, 3.63) is 0 Å². The van der Waals surface area contributed by atoms with Gasteiger partial charge in [0.2, 0.25) is 0 Å². The lowest BCUT2D eigenvalue weighted by atomic mass is 9.89. The first-order valence-electron chi connectivity index (χ1n) is 9.05. The summed E-state index contributed by atoms with van der Waals surface area (Å²) in [6.07, 6.45) is 2.24. The van der Waals surface area contributed by atoms with Crippen LogP contribution < -0.4 is 0 Å². The van der Waals surface area contributed by atoms with Gasteiger partial charge in [-0.25, -0.2) is 0 Å². The van der Waals surface area contributed by atoms with Crippen molar-refractivity contribution in [2.75, 3.05) is 11.5 Å². The molecular formula is C18H40Cl2SSi2. The molecule has 0 aliphatic rings. The molecule has 0 spiro atoms. The van der Waals surface area contributed by atoms with E-state index in [9.17, 15) is 0 Å². The Kier molecular flexibility index (Phi) is 9.36. The average molecular weight is 416 g/mol. The molecule has 0 aromatic rings. The van der Waals surface area contributed by atoms with E-state index < -0.39 is 17.6 Å². The summed E-state index contributed by atoms with van der Waals surface area (Å²) in [4.78, 5) is 0. The Morgan fingerprint density at radius 2 is 0.913 bits per heavy atom. The Hall–Kier alpha value is 1.36. The van der Waals surface area contributed by atoms with Crippen LogP contribution in [0.3, 0.4) is 0 Å². The number of hydrogen-bond donors (Lipinski definition) is 0. The summed E-state index contributed by atoms with van der Waals surface area (Å²) in [7, 11) is -1.84. The summed E-state index contributed by atoms with van der Waals surface area (Å²) in [5, 5.41) is 0. The second-order valence-corrected chi connectivity index (χ2v) is 19.5. The number of rotatable bonds is 8. The first-order chi connectivity index (χ1) is 10.1. The molecule has 0 saturated heterocycles. The Morgan fingerprint density at radius 3 is 1.09 bits per heavy atom. The van der Waals surface area contributed by atoms with Crippen molar-refractivity contribution in [1.29, 1.82) is 0 Å². The maximum Gasteiger partial charge on any atom is 0.0565 e. The van der Waals surface area contributed by atoms with Crippen LogP contribution in [-0.2, 0) is 0 Å². The van der Waals surface area contributed by atoms with Gasteiger partial charge < -0.3 is 0 Å². The number of thioether (sulfide) groups is 1. The highest BCUT2D eigenvalue weighted by Crippen LogP contribution is 2.44. The van der Waals surface area contributed by atoms with E-state index in [2.05, 4.69) is 67.7 Å². The van der Waals surface area contributed by atoms with Gasteiger partial charge in [-0.1, -0.05) is 67.7 Å². The smallest absolute Gasteiger partial charge is 0.0565 e. The topological polar surface area (TPSA) is 0 Å². The molecule has 0 bridgehead atoms. The van der Waals surface area contributed by atoms with E-state index in [-0.39, 0.29) is 19.8 Å². The van der Waals surface area contributed by atoms with E-state index in [0.717, 1.165) is 24.3 Å². The molecule has 0 nitrogen and oxygen atoms in total. The molecule has 140 valence electrons. The zero-order valence-electron chi connectivity index (χ0n) is 17.1. The number of halogens is 2. The van der Waals surface area contributed by atoms with Crippen LogP contribution in [-0.4, -0.2) is 38.1 Å². The Labute approximate surface area is 164 Å². The lowest BCUT2D eigenvalue weighted by Gasteiger charge is -2.43. The molecule has 0 saturated carbocycles. The van der Waals surface area contributed by atoms with Crippen molar-refractivity contribution in [2.24, 2.45) is 10.8 Å². The Bertz CT molecular complexity index is 327. The third kappa shape index (κ3) is 6.23. The van der Waals surface area contributed by atoms with Gasteiger partial charge in [-0.15, -0.1) is 23.2 Å². The van der Waals surface area contributed by atoms with Gasteiger partial charge in [0.15, 0.2) is 0 Å². The maximum atomic E-state index is 7.07. The third-order valence-electron chi connectivity index (χ3n) is 5.54. The lowest BCUT2D eigenvalue weighted by molar-refractivity contribution is 0.338. The van der Waals surface area contributed by atoms with Crippen molar-refractivity contribution >= 4 is 52.6 Å². The molecule has 0 N–H and O–H groups in total. The fourth-order valence-electron chi connectivity index (χ4n) is 3.60. The van der Waals surface area contributed by atoms with Crippen molar-refractivity contribution in [2.45, 2.75) is 89.6 Å². The molecule has 0 heterocycles. The van der Waals surface area contributed by atoms with Gasteiger partial charge in [-0.2, -0.15) is 11.8 Å². The van der Waals surface area contributed by atoms with E-state index >= 15 is 0 Å². The van der Waals surface area contributed by atoms with Crippen LogP contribution in [0.1, 0.15) is 54.4 Å². The molecule has 0 amide bonds. The molecule has 23 heavy (non-hydrogen) atoms. The van der Waals surface area contributed by atoms with Crippen molar-refractivity contribution in [1.82, 2.24) is 0 Å². The fraction of sp³-hybridized carbons (Fsp3) is 1.00. The second-order valence-electron chi connectivity index (χ2n) is 9.65. The summed E-state index contributed by atoms with van der Waals surface area (Å²) < 4.78 is 0.0176. The highest BCUT2D eigenvalue weighted by Gasteiger charge is 2.44. The maximum absolute atomic E-state index is 7.07. The van der Waals surface area contributed by atoms with Crippen LogP contribution in [0.4, 0.5) is 0 Å². The van der Waals surface area contributed by atoms with Gasteiger partial charge in [0, 0.05) is 8.99 Å². The highest BCUT2D eigenvalue weighted by molar-refractivity contribution is 7.99. The zero-order valence-corrected chi connectivity index (χ0v) is 21.8. The first-order valence-corrected chi connectivity index (χ1v) is 16.7. The summed E-state index contributed by atoms with van der Waals surface area (Å²) in [5.41, 5.74) is 0.365. The SMILES string of the molecule is C[SiH](C)C(Cl)(CCSCCC(Cl)([SiH](C)C)C(C)(C)C)C(C)(C)C. The largest absolute Gasteiger partial charge is 0.162 e. The van der Waals surface area contributed by atoms with E-state index in [1.165, 1.54) is 0 Å². The van der Waals surface area contributed by atoms with E-state index in [1.54, 1.807) is 0 Å². The average Bonchev–Trinajstić information content (AvgIpc) is 2.34. The molecule has 5 heteroatoms. The summed E-state index contributed by atoms with van der Waals surface area (Å²) in [6.45, 7) is 23.3. The van der Waals surface area contributed by atoms with Gasteiger partial charge in [0.05, 0.1) is 17.6 Å². The predicted octanol–water partition coefficient (Wildman–Crippen LogP) is 6.60. The van der Waals surface area contributed by atoms with Gasteiger partial charge in [0.1, 0.15) is 0 Å². The molecule has 0 aliphatic carbocycles. The first kappa shape index (κ1) is 24.4. The van der Waals surface area contributed by atoms with Crippen LogP contribution in [0.5, 0.6) is 0 Å². The highest BCUT2D eigenvalue weighted by atomic mass is 35.5. The second kappa shape index (κ2) is 8.84. The van der Waals surface area contributed by atoms with Crippen molar-refractivity contribution in [3.8, 4) is 0 Å². The molecule has 0 radical (unpaired) electrons. The monoisotopic (exact) mass is 414 g/mol. The van der Waals surface area contributed by atoms with Crippen LogP contribution in [0.15, 0.2) is 0 Å². The molecule has 0 aliphatic heterocycles. The normalized spacial score (nSPS) is 19.0. The predicted molar refractivity (Wildman–Crippen MR) is 120 cm³/mol. The van der Waals surface area contributed by atoms with Crippen LogP contribution in [0.25, 0.3) is 0 Å². The van der Waals surface area contributed by atoms with Crippen molar-refractivity contribution < 1.29 is 0 Å². The van der Waals surface area contributed by atoms with Crippen LogP contribution >= 0.6 is 35.0 Å². The van der Waals surface area contributed by atoms with E-state index in [0.29, 0.717) is 0 Å². The quantitative estimate of drug-likeness (QED) is 0.244. The lowest BCUT2D eigenvalue weighted by Crippen LogP contribution is -2.49. The van der Waals surface area contributed by atoms with Crippen molar-refractivity contribution in [3.63, 3.8) is 0 Å². The number of alkyl halides is 2. The molecule has 0 aromatic carbocycles. The van der Waals surface area contributed by atoms with Gasteiger partial charge >= 0.3 is 0 Å². The molecule has 2 unspecified atom stereocenters. The standard InChI is InChI=1S/C18H40Cl2SSi2/c1-15(2,3)17(19,22(7)8)11-13-21-14-12-18(20,23(9)10)16(4,5)6/h22-23H,11-14H2,1-10H3. The minimum Gasteiger partial charge on any atom is -0.162 e. The molecule has 0 aromatic heterocycles. The van der Waals surface area contributed by atoms with Crippen LogP contribution in [0, 0.1) is 10.8 Å². The molecule has 0 rings (SSSR count). The summed E-state index contributed by atoms with van der Waals surface area (Å²) in [6, 6.07) is 0. The zero-order chi connectivity index (χ0) is 18.7. The third-order valence-corrected chi connectivity index (χ3v) is 16.6. The Morgan fingerprint density at radius 1 is 0.652 bits per heavy atom. The summed E-state index contributed by atoms with van der Waals surface area (Å²) >= 11 is 16.2. The molecular weight excluding hydrogens is 375 g/mol. The Balaban J connectivity index is 4.58. The minimum absolute atomic E-state index is 0.00881. The van der Waals surface area contributed by atoms with E-state index in [4.69, 9.17) is 23.2 Å². The van der Waals surface area contributed by atoms with Gasteiger partial charge in [-0.05, 0) is 35.2 Å².